The molecule has 1 saturated heterocycles. The van der Waals surface area contributed by atoms with E-state index in [4.69, 9.17) is 4.74 Å². The zero-order valence-electron chi connectivity index (χ0n) is 10.2. The van der Waals surface area contributed by atoms with Crippen molar-refractivity contribution in [1.29, 1.82) is 0 Å². The summed E-state index contributed by atoms with van der Waals surface area (Å²) < 4.78 is 45.4. The highest BCUT2D eigenvalue weighted by atomic mass is 19.2. The maximum Gasteiger partial charge on any atom is 0.194 e. The standard InChI is InChI=1S/C13H16F3NO/c1-17-13(10-4-2-3-7-18-10)8-5-6-9(14)12(16)11(8)15/h5-6,10,13,17H,2-4,7H2,1H3. The Morgan fingerprint density at radius 2 is 2.00 bits per heavy atom. The molecule has 0 bridgehead atoms. The van der Waals surface area contributed by atoms with Crippen molar-refractivity contribution < 1.29 is 17.9 Å². The van der Waals surface area contributed by atoms with Gasteiger partial charge >= 0.3 is 0 Å². The Kier molecular flexibility index (Phi) is 4.24. The molecule has 1 aromatic carbocycles. The third kappa shape index (κ3) is 2.52. The van der Waals surface area contributed by atoms with Crippen LogP contribution < -0.4 is 5.32 Å². The van der Waals surface area contributed by atoms with Gasteiger partial charge in [-0.1, -0.05) is 6.07 Å². The zero-order valence-corrected chi connectivity index (χ0v) is 10.2. The molecule has 18 heavy (non-hydrogen) atoms. The van der Waals surface area contributed by atoms with Crippen molar-refractivity contribution in [2.75, 3.05) is 13.7 Å². The third-order valence-corrected chi connectivity index (χ3v) is 3.30. The fourth-order valence-electron chi connectivity index (χ4n) is 2.35. The van der Waals surface area contributed by atoms with Gasteiger partial charge < -0.3 is 10.1 Å². The normalized spacial score (nSPS) is 21.9. The molecule has 1 aliphatic rings. The minimum atomic E-state index is -1.43. The number of likely N-dealkylation sites (N-methyl/N-ethyl adjacent to an activating group) is 1. The topological polar surface area (TPSA) is 21.3 Å². The Morgan fingerprint density at radius 1 is 1.22 bits per heavy atom. The van der Waals surface area contributed by atoms with Gasteiger partial charge in [-0.25, -0.2) is 13.2 Å². The van der Waals surface area contributed by atoms with Crippen molar-refractivity contribution in [2.24, 2.45) is 0 Å². The van der Waals surface area contributed by atoms with Crippen molar-refractivity contribution >= 4 is 0 Å². The second kappa shape index (κ2) is 5.71. The van der Waals surface area contributed by atoms with Crippen LogP contribution in [0.3, 0.4) is 0 Å². The van der Waals surface area contributed by atoms with E-state index in [1.165, 1.54) is 6.07 Å². The molecular formula is C13H16F3NO. The quantitative estimate of drug-likeness (QED) is 0.843. The summed E-state index contributed by atoms with van der Waals surface area (Å²) in [5.41, 5.74) is 0.114. The molecule has 100 valence electrons. The van der Waals surface area contributed by atoms with Crippen LogP contribution in [-0.2, 0) is 4.74 Å². The minimum absolute atomic E-state index is 0.114. The van der Waals surface area contributed by atoms with E-state index >= 15 is 0 Å². The van der Waals surface area contributed by atoms with E-state index < -0.39 is 23.5 Å². The van der Waals surface area contributed by atoms with E-state index in [0.29, 0.717) is 6.61 Å². The molecule has 2 nitrogen and oxygen atoms in total. The van der Waals surface area contributed by atoms with Crippen LogP contribution >= 0.6 is 0 Å². The fourth-order valence-corrected chi connectivity index (χ4v) is 2.35. The van der Waals surface area contributed by atoms with E-state index in [9.17, 15) is 13.2 Å². The van der Waals surface area contributed by atoms with Gasteiger partial charge in [-0.15, -0.1) is 0 Å². The van der Waals surface area contributed by atoms with Gasteiger partial charge in [0.05, 0.1) is 12.1 Å². The van der Waals surface area contributed by atoms with Crippen LogP contribution in [-0.4, -0.2) is 19.8 Å². The Bertz CT molecular complexity index is 419. The molecule has 2 atom stereocenters. The Hall–Kier alpha value is -1.07. The molecule has 0 amide bonds. The molecule has 0 aromatic heterocycles. The van der Waals surface area contributed by atoms with Crippen LogP contribution in [0.2, 0.25) is 0 Å². The lowest BCUT2D eigenvalue weighted by Crippen LogP contribution is -2.35. The molecule has 0 radical (unpaired) electrons. The van der Waals surface area contributed by atoms with Gasteiger partial charge in [0, 0.05) is 12.2 Å². The van der Waals surface area contributed by atoms with E-state index in [-0.39, 0.29) is 11.7 Å². The van der Waals surface area contributed by atoms with Gasteiger partial charge in [-0.05, 0) is 32.4 Å². The number of hydrogen-bond acceptors (Lipinski definition) is 2. The van der Waals surface area contributed by atoms with Crippen molar-refractivity contribution in [3.8, 4) is 0 Å². The van der Waals surface area contributed by atoms with Crippen molar-refractivity contribution in [3.05, 3.63) is 35.1 Å². The van der Waals surface area contributed by atoms with Gasteiger partial charge in [0.15, 0.2) is 17.5 Å². The monoisotopic (exact) mass is 259 g/mol. The number of ether oxygens (including phenoxy) is 1. The lowest BCUT2D eigenvalue weighted by molar-refractivity contribution is -0.00746. The summed E-state index contributed by atoms with van der Waals surface area (Å²) in [4.78, 5) is 0. The second-order valence-corrected chi connectivity index (χ2v) is 4.44. The summed E-state index contributed by atoms with van der Waals surface area (Å²) in [6.07, 6.45) is 2.55. The first-order valence-corrected chi connectivity index (χ1v) is 6.07. The third-order valence-electron chi connectivity index (χ3n) is 3.30. The summed E-state index contributed by atoms with van der Waals surface area (Å²) in [5, 5.41) is 2.92. The summed E-state index contributed by atoms with van der Waals surface area (Å²) >= 11 is 0. The Labute approximate surface area is 104 Å². The first-order chi connectivity index (χ1) is 8.65. The fraction of sp³-hybridized carbons (Fsp3) is 0.538. The highest BCUT2D eigenvalue weighted by Crippen LogP contribution is 2.29. The number of halogens is 3. The van der Waals surface area contributed by atoms with Gasteiger partial charge in [0.1, 0.15) is 0 Å². The average molecular weight is 259 g/mol. The predicted octanol–water partition coefficient (Wildman–Crippen LogP) is 2.93. The Morgan fingerprint density at radius 3 is 2.61 bits per heavy atom. The molecular weight excluding hydrogens is 243 g/mol. The van der Waals surface area contributed by atoms with Crippen LogP contribution in [0.5, 0.6) is 0 Å². The van der Waals surface area contributed by atoms with E-state index in [2.05, 4.69) is 5.32 Å². The molecule has 1 aliphatic heterocycles. The predicted molar refractivity (Wildman–Crippen MR) is 61.7 cm³/mol. The first kappa shape index (κ1) is 13.4. The molecule has 5 heteroatoms. The molecule has 2 unspecified atom stereocenters. The maximum atomic E-state index is 13.7. The van der Waals surface area contributed by atoms with E-state index in [1.54, 1.807) is 7.05 Å². The van der Waals surface area contributed by atoms with Crippen LogP contribution in [0.15, 0.2) is 12.1 Å². The van der Waals surface area contributed by atoms with Crippen LogP contribution in [0.1, 0.15) is 30.9 Å². The van der Waals surface area contributed by atoms with Crippen LogP contribution in [0.25, 0.3) is 0 Å². The average Bonchev–Trinajstić information content (AvgIpc) is 2.41. The van der Waals surface area contributed by atoms with Crippen molar-refractivity contribution in [1.82, 2.24) is 5.32 Å². The number of hydrogen-bond donors (Lipinski definition) is 1. The molecule has 0 saturated carbocycles. The molecule has 1 heterocycles. The van der Waals surface area contributed by atoms with Gasteiger partial charge in [0.25, 0.3) is 0 Å². The van der Waals surface area contributed by atoms with Crippen molar-refractivity contribution in [2.45, 2.75) is 31.4 Å². The highest BCUT2D eigenvalue weighted by Gasteiger charge is 2.28. The summed E-state index contributed by atoms with van der Waals surface area (Å²) in [6.45, 7) is 0.619. The van der Waals surface area contributed by atoms with E-state index in [1.807, 2.05) is 0 Å². The molecule has 1 N–H and O–H groups in total. The van der Waals surface area contributed by atoms with E-state index in [0.717, 1.165) is 25.3 Å². The number of rotatable bonds is 3. The maximum absolute atomic E-state index is 13.7. The molecule has 0 spiro atoms. The molecule has 2 rings (SSSR count). The summed E-state index contributed by atoms with van der Waals surface area (Å²) in [6, 6.07) is 1.76. The van der Waals surface area contributed by atoms with Gasteiger partial charge in [0.2, 0.25) is 0 Å². The largest absolute Gasteiger partial charge is 0.376 e. The lowest BCUT2D eigenvalue weighted by atomic mass is 9.95. The first-order valence-electron chi connectivity index (χ1n) is 6.07. The highest BCUT2D eigenvalue weighted by molar-refractivity contribution is 5.24. The molecule has 1 fully saturated rings. The zero-order chi connectivity index (χ0) is 13.1. The number of nitrogens with one attached hydrogen (secondary N) is 1. The second-order valence-electron chi connectivity index (χ2n) is 4.44. The lowest BCUT2D eigenvalue weighted by Gasteiger charge is -2.30. The minimum Gasteiger partial charge on any atom is -0.376 e. The van der Waals surface area contributed by atoms with Crippen LogP contribution in [0.4, 0.5) is 13.2 Å². The SMILES string of the molecule is CNC(c1ccc(F)c(F)c1F)C1CCCCO1. The summed E-state index contributed by atoms with van der Waals surface area (Å²) in [5.74, 6) is -3.73. The molecule has 0 aliphatic carbocycles. The smallest absolute Gasteiger partial charge is 0.194 e. The number of benzene rings is 1. The van der Waals surface area contributed by atoms with Crippen molar-refractivity contribution in [3.63, 3.8) is 0 Å². The summed E-state index contributed by atoms with van der Waals surface area (Å²) in [7, 11) is 1.66. The van der Waals surface area contributed by atoms with Gasteiger partial charge in [-0.3, -0.25) is 0 Å². The Balaban J connectivity index is 2.29. The molecule has 1 aromatic rings. The van der Waals surface area contributed by atoms with Gasteiger partial charge in [-0.2, -0.15) is 0 Å². The van der Waals surface area contributed by atoms with Crippen LogP contribution in [0, 0.1) is 17.5 Å².